The molecule has 2 N–H and O–H groups in total. The van der Waals surface area contributed by atoms with Crippen LogP contribution in [0.2, 0.25) is 10.0 Å². The van der Waals surface area contributed by atoms with E-state index in [1.54, 1.807) is 0 Å². The van der Waals surface area contributed by atoms with Crippen LogP contribution in [-0.4, -0.2) is 10.9 Å². The molecule has 1 aromatic heterocycles. The van der Waals surface area contributed by atoms with E-state index < -0.39 is 5.82 Å². The van der Waals surface area contributed by atoms with Gasteiger partial charge in [0.2, 0.25) is 5.91 Å². The number of aryl methyl sites for hydroxylation is 1. The Morgan fingerprint density at radius 2 is 2.05 bits per heavy atom. The van der Waals surface area contributed by atoms with Crippen molar-refractivity contribution < 1.29 is 9.18 Å². The molecular weight excluding hydrogens is 342 g/mol. The largest absolute Gasteiger partial charge is 0.341 e. The van der Waals surface area contributed by atoms with Crippen LogP contribution in [0, 0.1) is 16.7 Å². The molecule has 0 fully saturated rings. The van der Waals surface area contributed by atoms with Gasteiger partial charge in [-0.2, -0.15) is 0 Å². The van der Waals surface area contributed by atoms with Gasteiger partial charge in [-0.3, -0.25) is 4.79 Å². The Kier molecular flexibility index (Phi) is 4.80. The Bertz CT molecular complexity index is 703. The Labute approximate surface area is 133 Å². The molecule has 1 aromatic carbocycles. The second-order valence-electron chi connectivity index (χ2n) is 4.04. The highest BCUT2D eigenvalue weighted by atomic mass is 35.5. The number of nitrogens with one attached hydrogen (secondary N) is 2. The lowest BCUT2D eigenvalue weighted by atomic mass is 10.2. The van der Waals surface area contributed by atoms with Crippen molar-refractivity contribution in [1.29, 1.82) is 0 Å². The highest BCUT2D eigenvalue weighted by Crippen LogP contribution is 2.27. The number of carbonyl (C=O) groups is 1. The van der Waals surface area contributed by atoms with Crippen LogP contribution in [-0.2, 0) is 11.2 Å². The molecule has 0 unspecified atom stereocenters. The molecule has 1 heterocycles. The average molecular weight is 351 g/mol. The zero-order valence-electron chi connectivity index (χ0n) is 10.2. The minimum atomic E-state index is -0.703. The highest BCUT2D eigenvalue weighted by molar-refractivity contribution is 7.73. The van der Waals surface area contributed by atoms with E-state index >= 15 is 0 Å². The van der Waals surface area contributed by atoms with E-state index in [0.29, 0.717) is 9.64 Å². The van der Waals surface area contributed by atoms with Gasteiger partial charge < -0.3 is 10.3 Å². The number of aromatic nitrogens is 1. The average Bonchev–Trinajstić information content (AvgIpc) is 2.64. The molecule has 20 heavy (non-hydrogen) atoms. The van der Waals surface area contributed by atoms with Crippen molar-refractivity contribution in [3.05, 3.63) is 42.5 Å². The first-order valence-corrected chi connectivity index (χ1v) is 7.48. The summed E-state index contributed by atoms with van der Waals surface area (Å²) < 4.78 is 13.9. The number of hydrogen-bond acceptors (Lipinski definition) is 3. The fraction of sp³-hybridized carbons (Fsp3) is 0.167. The van der Waals surface area contributed by atoms with Gasteiger partial charge in [-0.05, 0) is 31.3 Å². The number of amides is 1. The Morgan fingerprint density at radius 1 is 1.45 bits per heavy atom. The summed E-state index contributed by atoms with van der Waals surface area (Å²) in [4.78, 5) is 15.7. The van der Waals surface area contributed by atoms with Crippen molar-refractivity contribution in [2.45, 2.75) is 13.3 Å². The summed E-state index contributed by atoms with van der Waals surface area (Å²) in [6.07, 6.45) is 0.177. The van der Waals surface area contributed by atoms with Crippen molar-refractivity contribution >= 4 is 58.4 Å². The summed E-state index contributed by atoms with van der Waals surface area (Å²) in [5.74, 6) is -0.956. The van der Waals surface area contributed by atoms with Gasteiger partial charge in [0.05, 0.1) is 16.5 Å². The van der Waals surface area contributed by atoms with Crippen molar-refractivity contribution in [2.24, 2.45) is 0 Å². The number of thiazole rings is 1. The van der Waals surface area contributed by atoms with Crippen LogP contribution >= 0.6 is 46.8 Å². The third kappa shape index (κ3) is 3.58. The number of benzene rings is 1. The van der Waals surface area contributed by atoms with E-state index in [1.807, 2.05) is 6.92 Å². The van der Waals surface area contributed by atoms with Gasteiger partial charge in [0.15, 0.2) is 9.77 Å². The van der Waals surface area contributed by atoms with Gasteiger partial charge in [-0.1, -0.05) is 23.2 Å². The molecular formula is C12H9Cl2FN2OS2. The standard InChI is InChI=1S/C12H9Cl2FN2OS2/c1-5-9(20-12(19)16-5)4-10(18)17-6-2-7(13)11(15)8(14)3-6/h2-3H,4H2,1H3,(H,16,19)(H,17,18). The second-order valence-corrected chi connectivity index (χ2v) is 6.63. The maximum absolute atomic E-state index is 13.3. The number of rotatable bonds is 3. The summed E-state index contributed by atoms with van der Waals surface area (Å²) >= 11 is 17.7. The molecule has 0 saturated carbocycles. The van der Waals surface area contributed by atoms with Gasteiger partial charge >= 0.3 is 0 Å². The third-order valence-corrected chi connectivity index (χ3v) is 4.40. The van der Waals surface area contributed by atoms with Crippen molar-refractivity contribution in [2.75, 3.05) is 5.32 Å². The molecule has 0 radical (unpaired) electrons. The van der Waals surface area contributed by atoms with E-state index in [-0.39, 0.29) is 22.4 Å². The fourth-order valence-electron chi connectivity index (χ4n) is 1.58. The van der Waals surface area contributed by atoms with E-state index in [9.17, 15) is 9.18 Å². The Balaban J connectivity index is 2.12. The molecule has 0 aliphatic rings. The quantitative estimate of drug-likeness (QED) is 0.620. The smallest absolute Gasteiger partial charge is 0.229 e. The van der Waals surface area contributed by atoms with Crippen molar-refractivity contribution in [3.8, 4) is 0 Å². The molecule has 3 nitrogen and oxygen atoms in total. The molecule has 2 rings (SSSR count). The molecule has 0 atom stereocenters. The summed E-state index contributed by atoms with van der Waals surface area (Å²) in [6.45, 7) is 1.85. The van der Waals surface area contributed by atoms with E-state index in [1.165, 1.54) is 23.5 Å². The second kappa shape index (κ2) is 6.22. The van der Waals surface area contributed by atoms with E-state index in [0.717, 1.165) is 10.6 Å². The van der Waals surface area contributed by atoms with Gasteiger partial charge in [0.25, 0.3) is 0 Å². The number of hydrogen-bond donors (Lipinski definition) is 2. The fourth-order valence-corrected chi connectivity index (χ4v) is 3.36. The molecule has 0 saturated heterocycles. The van der Waals surface area contributed by atoms with Crippen LogP contribution in [0.1, 0.15) is 10.6 Å². The summed E-state index contributed by atoms with van der Waals surface area (Å²) in [7, 11) is 0. The number of carbonyl (C=O) groups excluding carboxylic acids is 1. The SMILES string of the molecule is Cc1[nH]c(=S)sc1CC(=O)Nc1cc(Cl)c(F)c(Cl)c1. The van der Waals surface area contributed by atoms with E-state index in [4.69, 9.17) is 35.4 Å². The topological polar surface area (TPSA) is 44.9 Å². The number of halogens is 3. The summed E-state index contributed by atoms with van der Waals surface area (Å²) in [5.41, 5.74) is 1.22. The lowest BCUT2D eigenvalue weighted by Crippen LogP contribution is -2.14. The number of H-pyrrole nitrogens is 1. The lowest BCUT2D eigenvalue weighted by molar-refractivity contribution is -0.115. The van der Waals surface area contributed by atoms with Gasteiger partial charge in [0, 0.05) is 16.3 Å². The zero-order valence-corrected chi connectivity index (χ0v) is 13.4. The van der Waals surface area contributed by atoms with Crippen LogP contribution in [0.3, 0.4) is 0 Å². The van der Waals surface area contributed by atoms with Crippen LogP contribution < -0.4 is 5.32 Å². The maximum atomic E-state index is 13.3. The first kappa shape index (κ1) is 15.4. The molecule has 106 valence electrons. The van der Waals surface area contributed by atoms with Crippen LogP contribution in [0.15, 0.2) is 12.1 Å². The lowest BCUT2D eigenvalue weighted by Gasteiger charge is -2.07. The molecule has 0 aliphatic carbocycles. The predicted octanol–water partition coefficient (Wildman–Crippen LogP) is 4.74. The molecule has 1 amide bonds. The Hall–Kier alpha value is -0.950. The monoisotopic (exact) mass is 350 g/mol. The van der Waals surface area contributed by atoms with E-state index in [2.05, 4.69) is 10.3 Å². The maximum Gasteiger partial charge on any atom is 0.229 e. The molecule has 0 aliphatic heterocycles. The number of anilines is 1. The molecule has 2 aromatic rings. The van der Waals surface area contributed by atoms with Gasteiger partial charge in [-0.15, -0.1) is 11.3 Å². The zero-order chi connectivity index (χ0) is 14.9. The van der Waals surface area contributed by atoms with Gasteiger partial charge in [0.1, 0.15) is 0 Å². The van der Waals surface area contributed by atoms with Crippen LogP contribution in [0.4, 0.5) is 10.1 Å². The molecule has 8 heteroatoms. The highest BCUT2D eigenvalue weighted by Gasteiger charge is 2.12. The van der Waals surface area contributed by atoms with Gasteiger partial charge in [-0.25, -0.2) is 4.39 Å². The molecule has 0 bridgehead atoms. The first-order chi connectivity index (χ1) is 9.36. The van der Waals surface area contributed by atoms with Crippen LogP contribution in [0.25, 0.3) is 0 Å². The first-order valence-electron chi connectivity index (χ1n) is 5.50. The summed E-state index contributed by atoms with van der Waals surface area (Å²) in [5, 5.41) is 2.34. The predicted molar refractivity (Wildman–Crippen MR) is 83.0 cm³/mol. The van der Waals surface area contributed by atoms with Crippen molar-refractivity contribution in [3.63, 3.8) is 0 Å². The minimum Gasteiger partial charge on any atom is -0.341 e. The number of aromatic amines is 1. The Morgan fingerprint density at radius 3 is 2.55 bits per heavy atom. The third-order valence-electron chi connectivity index (χ3n) is 2.51. The summed E-state index contributed by atoms with van der Waals surface area (Å²) in [6, 6.07) is 2.62. The van der Waals surface area contributed by atoms with Crippen molar-refractivity contribution in [1.82, 2.24) is 4.98 Å². The normalized spacial score (nSPS) is 10.6. The van der Waals surface area contributed by atoms with Crippen LogP contribution in [0.5, 0.6) is 0 Å². The minimum absolute atomic E-state index is 0.138. The molecule has 0 spiro atoms.